The normalized spacial score (nSPS) is 19.1. The second-order valence-electron chi connectivity index (χ2n) is 7.02. The molecule has 2 nitrogen and oxygen atoms in total. The molecule has 24 heavy (non-hydrogen) atoms. The highest BCUT2D eigenvalue weighted by Crippen LogP contribution is 2.44. The molecule has 0 amide bonds. The lowest BCUT2D eigenvalue weighted by Gasteiger charge is -2.01. The molecule has 0 radical (unpaired) electrons. The maximum absolute atomic E-state index is 4.92. The number of aromatic nitrogens is 2. The highest BCUT2D eigenvalue weighted by Gasteiger charge is 2.24. The fourth-order valence-corrected chi connectivity index (χ4v) is 5.77. The Bertz CT molecular complexity index is 897. The fourth-order valence-electron chi connectivity index (χ4n) is 3.53. The van der Waals surface area contributed by atoms with Gasteiger partial charge in [0.2, 0.25) is 0 Å². The summed E-state index contributed by atoms with van der Waals surface area (Å²) < 4.78 is 0. The molecular weight excluding hydrogens is 332 g/mol. The summed E-state index contributed by atoms with van der Waals surface area (Å²) in [4.78, 5) is 12.0. The third-order valence-corrected chi connectivity index (χ3v) is 7.83. The molecule has 0 aromatic carbocycles. The summed E-state index contributed by atoms with van der Waals surface area (Å²) >= 11 is 3.50. The zero-order valence-corrected chi connectivity index (χ0v) is 16.8. The van der Waals surface area contributed by atoms with Crippen LogP contribution in [0.3, 0.4) is 0 Å². The van der Waals surface area contributed by atoms with Crippen molar-refractivity contribution < 1.29 is 0 Å². The zero-order chi connectivity index (χ0) is 17.2. The maximum atomic E-state index is 4.92. The molecule has 2 heterocycles. The van der Waals surface area contributed by atoms with Crippen LogP contribution >= 0.6 is 22.7 Å². The summed E-state index contributed by atoms with van der Waals surface area (Å²) in [5.74, 6) is 0. The van der Waals surface area contributed by atoms with Crippen molar-refractivity contribution >= 4 is 43.5 Å². The predicted molar refractivity (Wildman–Crippen MR) is 106 cm³/mol. The van der Waals surface area contributed by atoms with Crippen LogP contribution in [0.4, 0.5) is 0 Å². The summed E-state index contributed by atoms with van der Waals surface area (Å²) in [6.07, 6.45) is 2.08. The molecule has 0 atom stereocenters. The van der Waals surface area contributed by atoms with Crippen LogP contribution in [-0.2, 0) is 0 Å². The molecule has 4 heteroatoms. The molecule has 0 saturated heterocycles. The van der Waals surface area contributed by atoms with Gasteiger partial charge in [-0.15, -0.1) is 0 Å². The van der Waals surface area contributed by atoms with Crippen LogP contribution in [0.25, 0.3) is 20.8 Å². The van der Waals surface area contributed by atoms with E-state index in [1.165, 1.54) is 44.6 Å². The molecule has 0 N–H and O–H groups in total. The fraction of sp³-hybridized carbons (Fsp3) is 0.400. The number of hydrogen-bond donors (Lipinski definition) is 0. The summed E-state index contributed by atoms with van der Waals surface area (Å²) in [5, 5.41) is 2.32. The Hall–Kier alpha value is -1.52. The van der Waals surface area contributed by atoms with Crippen molar-refractivity contribution in [2.24, 2.45) is 0 Å². The predicted octanol–water partition coefficient (Wildman–Crippen LogP) is 6.78. The summed E-state index contributed by atoms with van der Waals surface area (Å²) in [6, 6.07) is 0. The Labute approximate surface area is 151 Å². The van der Waals surface area contributed by atoms with Crippen molar-refractivity contribution in [1.82, 2.24) is 9.97 Å². The van der Waals surface area contributed by atoms with E-state index in [1.54, 1.807) is 22.7 Å². The third-order valence-electron chi connectivity index (χ3n) is 5.69. The van der Waals surface area contributed by atoms with Crippen LogP contribution in [0.1, 0.15) is 64.4 Å². The topological polar surface area (TPSA) is 25.8 Å². The van der Waals surface area contributed by atoms with E-state index < -0.39 is 0 Å². The molecule has 0 saturated carbocycles. The summed E-state index contributed by atoms with van der Waals surface area (Å²) in [7, 11) is 0. The lowest BCUT2D eigenvalue weighted by Crippen LogP contribution is -1.84. The molecular formula is C20H22N2S2. The summed E-state index contributed by atoms with van der Waals surface area (Å²) in [6.45, 7) is 13.3. The number of thiazole rings is 2. The van der Waals surface area contributed by atoms with Gasteiger partial charge in [-0.3, -0.25) is 0 Å². The molecule has 0 aliphatic heterocycles. The van der Waals surface area contributed by atoms with Gasteiger partial charge in [-0.1, -0.05) is 33.8 Å². The minimum atomic E-state index is 1.04. The molecule has 0 spiro atoms. The Morgan fingerprint density at radius 3 is 1.25 bits per heavy atom. The quantitative estimate of drug-likeness (QED) is 0.594. The van der Waals surface area contributed by atoms with Gasteiger partial charge in [-0.2, -0.15) is 0 Å². The van der Waals surface area contributed by atoms with E-state index in [0.29, 0.717) is 0 Å². The molecule has 4 rings (SSSR count). The zero-order valence-electron chi connectivity index (χ0n) is 15.1. The number of nitrogens with zero attached hydrogens (tertiary/aromatic N) is 2. The molecule has 0 fully saturated rings. The number of hydrogen-bond acceptors (Lipinski definition) is 4. The van der Waals surface area contributed by atoms with Crippen LogP contribution < -0.4 is 0 Å². The minimum absolute atomic E-state index is 1.04. The molecule has 2 aliphatic carbocycles. The third kappa shape index (κ3) is 2.27. The lowest BCUT2D eigenvalue weighted by molar-refractivity contribution is 1.22. The van der Waals surface area contributed by atoms with E-state index >= 15 is 0 Å². The van der Waals surface area contributed by atoms with E-state index in [0.717, 1.165) is 32.5 Å². The Kier molecular flexibility index (Phi) is 3.66. The van der Waals surface area contributed by atoms with Crippen molar-refractivity contribution in [3.8, 4) is 0 Å². The van der Waals surface area contributed by atoms with Crippen molar-refractivity contribution in [2.45, 2.75) is 54.4 Å². The van der Waals surface area contributed by atoms with Gasteiger partial charge < -0.3 is 0 Å². The highest BCUT2D eigenvalue weighted by atomic mass is 32.1. The molecule has 124 valence electrons. The van der Waals surface area contributed by atoms with Crippen LogP contribution in [-0.4, -0.2) is 9.97 Å². The Balaban J connectivity index is 1.71. The van der Waals surface area contributed by atoms with Crippen molar-refractivity contribution in [2.75, 3.05) is 0 Å². The first-order valence-corrected chi connectivity index (χ1v) is 10.0. The highest BCUT2D eigenvalue weighted by molar-refractivity contribution is 7.27. The second kappa shape index (κ2) is 5.50. The van der Waals surface area contributed by atoms with E-state index in [4.69, 9.17) is 9.97 Å². The smallest absolute Gasteiger partial charge is 0.155 e. The first kappa shape index (κ1) is 16.0. The first-order chi connectivity index (χ1) is 11.4. The Morgan fingerprint density at radius 2 is 0.958 bits per heavy atom. The largest absolute Gasteiger partial charge is 0.224 e. The van der Waals surface area contributed by atoms with Crippen LogP contribution in [0.2, 0.25) is 0 Å². The Morgan fingerprint density at radius 1 is 0.583 bits per heavy atom. The molecule has 2 aliphatic rings. The van der Waals surface area contributed by atoms with Crippen molar-refractivity contribution in [1.29, 1.82) is 0 Å². The van der Waals surface area contributed by atoms with Crippen LogP contribution in [0.5, 0.6) is 0 Å². The van der Waals surface area contributed by atoms with Gasteiger partial charge in [-0.25, -0.2) is 9.97 Å². The lowest BCUT2D eigenvalue weighted by atomic mass is 10.1. The van der Waals surface area contributed by atoms with Gasteiger partial charge in [0.15, 0.2) is 9.66 Å². The van der Waals surface area contributed by atoms with Crippen molar-refractivity contribution in [3.63, 3.8) is 0 Å². The van der Waals surface area contributed by atoms with Gasteiger partial charge in [0.25, 0.3) is 0 Å². The molecule has 2 aromatic rings. The van der Waals surface area contributed by atoms with Gasteiger partial charge in [0, 0.05) is 0 Å². The average molecular weight is 355 g/mol. The van der Waals surface area contributed by atoms with Gasteiger partial charge >= 0.3 is 0 Å². The monoisotopic (exact) mass is 354 g/mol. The van der Waals surface area contributed by atoms with Gasteiger partial charge in [0.1, 0.15) is 10.0 Å². The van der Waals surface area contributed by atoms with Crippen molar-refractivity contribution in [3.05, 3.63) is 43.5 Å². The minimum Gasteiger partial charge on any atom is -0.224 e. The maximum Gasteiger partial charge on any atom is 0.155 e. The molecule has 0 unspecified atom stereocenters. The number of rotatable bonds is 2. The standard InChI is InChI=1S/C20H22N2S2/c1-9-7-15(13(5)11(9)3)17-21-19-20(23-17)22-18(24-19)16-8-10(2)12(4)14(16)6/h7-8H2,1-6H3. The first-order valence-electron chi connectivity index (χ1n) is 8.38. The van der Waals surface area contributed by atoms with Gasteiger partial charge in [0.05, 0.1) is 0 Å². The summed E-state index contributed by atoms with van der Waals surface area (Å²) in [5.41, 5.74) is 11.4. The van der Waals surface area contributed by atoms with Crippen LogP contribution in [0, 0.1) is 0 Å². The SMILES string of the molecule is CC1=C(C)C(C)=C(c2nc3sc(C4=C(C)C(C)=C(C)C4)nc3s2)C1. The average Bonchev–Trinajstić information content (AvgIpc) is 3.23. The molecule has 0 bridgehead atoms. The second-order valence-corrected chi connectivity index (χ2v) is 8.97. The van der Waals surface area contributed by atoms with E-state index in [1.807, 2.05) is 0 Å². The number of fused-ring (bicyclic) bond motifs is 1. The van der Waals surface area contributed by atoms with Crippen LogP contribution in [0.15, 0.2) is 33.4 Å². The van der Waals surface area contributed by atoms with Gasteiger partial charge in [-0.05, 0) is 87.8 Å². The number of allylic oxidation sites excluding steroid dienone is 8. The molecule has 2 aromatic heterocycles. The van der Waals surface area contributed by atoms with E-state index in [9.17, 15) is 0 Å². The van der Waals surface area contributed by atoms with E-state index in [-0.39, 0.29) is 0 Å². The van der Waals surface area contributed by atoms with E-state index in [2.05, 4.69) is 41.5 Å².